The van der Waals surface area contributed by atoms with Crippen molar-refractivity contribution in [1.82, 2.24) is 0 Å². The first-order chi connectivity index (χ1) is 7.28. The van der Waals surface area contributed by atoms with Gasteiger partial charge in [-0.1, -0.05) is 12.1 Å². The quantitative estimate of drug-likeness (QED) is 0.703. The Labute approximate surface area is 88.3 Å². The van der Waals surface area contributed by atoms with E-state index in [9.17, 15) is 4.79 Å². The number of hydrogen-bond acceptors (Lipinski definition) is 3. The van der Waals surface area contributed by atoms with Crippen LogP contribution in [0, 0.1) is 0 Å². The van der Waals surface area contributed by atoms with Gasteiger partial charge in [-0.3, -0.25) is 0 Å². The number of carbonyl (C=O) groups is 1. The summed E-state index contributed by atoms with van der Waals surface area (Å²) in [6.07, 6.45) is 2.32. The van der Waals surface area contributed by atoms with Gasteiger partial charge in [0.2, 0.25) is 0 Å². The normalized spacial score (nSPS) is 14.7. The zero-order valence-corrected chi connectivity index (χ0v) is 8.53. The van der Waals surface area contributed by atoms with Gasteiger partial charge >= 0.3 is 5.97 Å². The molecular formula is C12H12O3. The summed E-state index contributed by atoms with van der Waals surface area (Å²) >= 11 is 0. The predicted molar refractivity (Wildman–Crippen MR) is 55.7 cm³/mol. The molecule has 0 atom stereocenters. The monoisotopic (exact) mass is 204 g/mol. The molecule has 0 saturated carbocycles. The Hall–Kier alpha value is -1.77. The van der Waals surface area contributed by atoms with E-state index >= 15 is 0 Å². The number of benzene rings is 1. The molecule has 0 radical (unpaired) electrons. The number of cyclic esters (lactones) is 1. The molecule has 1 heterocycles. The van der Waals surface area contributed by atoms with Crippen molar-refractivity contribution in [3.63, 3.8) is 0 Å². The van der Waals surface area contributed by atoms with Crippen LogP contribution in [0.3, 0.4) is 0 Å². The largest absolute Gasteiger partial charge is 0.497 e. The number of ether oxygens (including phenoxy) is 2. The van der Waals surface area contributed by atoms with Crippen LogP contribution in [0.15, 0.2) is 35.9 Å². The second-order valence-electron chi connectivity index (χ2n) is 3.44. The zero-order chi connectivity index (χ0) is 10.7. The van der Waals surface area contributed by atoms with Gasteiger partial charge in [-0.05, 0) is 29.7 Å². The van der Waals surface area contributed by atoms with Crippen molar-refractivity contribution in [3.05, 3.63) is 41.5 Å². The number of hydrogen-bond donors (Lipinski definition) is 0. The van der Waals surface area contributed by atoms with E-state index in [-0.39, 0.29) is 5.97 Å². The van der Waals surface area contributed by atoms with Gasteiger partial charge in [0.1, 0.15) is 12.4 Å². The van der Waals surface area contributed by atoms with Gasteiger partial charge < -0.3 is 9.47 Å². The van der Waals surface area contributed by atoms with Crippen LogP contribution in [-0.2, 0) is 16.0 Å². The molecule has 1 aliphatic heterocycles. The fourth-order valence-electron chi connectivity index (χ4n) is 1.52. The van der Waals surface area contributed by atoms with E-state index in [1.165, 1.54) is 0 Å². The maximum Gasteiger partial charge on any atom is 0.331 e. The summed E-state index contributed by atoms with van der Waals surface area (Å²) in [5, 5.41) is 0. The number of esters is 1. The first-order valence-electron chi connectivity index (χ1n) is 4.77. The van der Waals surface area contributed by atoms with Crippen LogP contribution in [0.2, 0.25) is 0 Å². The second-order valence-corrected chi connectivity index (χ2v) is 3.44. The minimum absolute atomic E-state index is 0.237. The van der Waals surface area contributed by atoms with Crippen LogP contribution in [0.25, 0.3) is 0 Å². The van der Waals surface area contributed by atoms with Crippen LogP contribution in [0.5, 0.6) is 5.75 Å². The van der Waals surface area contributed by atoms with Crippen molar-refractivity contribution in [2.24, 2.45) is 0 Å². The van der Waals surface area contributed by atoms with Crippen molar-refractivity contribution in [2.45, 2.75) is 6.42 Å². The molecule has 0 N–H and O–H groups in total. The SMILES string of the molecule is COc1ccc(CC2=CC(=O)OC2)cc1. The van der Waals surface area contributed by atoms with Crippen molar-refractivity contribution >= 4 is 5.97 Å². The van der Waals surface area contributed by atoms with E-state index in [1.807, 2.05) is 24.3 Å². The molecule has 78 valence electrons. The van der Waals surface area contributed by atoms with Gasteiger partial charge in [0.15, 0.2) is 0 Å². The number of rotatable bonds is 3. The summed E-state index contributed by atoms with van der Waals surface area (Å²) in [6.45, 7) is 0.421. The Balaban J connectivity index is 2.05. The van der Waals surface area contributed by atoms with Crippen LogP contribution < -0.4 is 4.74 Å². The first-order valence-corrected chi connectivity index (χ1v) is 4.77. The molecule has 0 amide bonds. The van der Waals surface area contributed by atoms with Crippen LogP contribution in [0.4, 0.5) is 0 Å². The smallest absolute Gasteiger partial charge is 0.331 e. The number of carbonyl (C=O) groups excluding carboxylic acids is 1. The van der Waals surface area contributed by atoms with E-state index in [4.69, 9.17) is 9.47 Å². The van der Waals surface area contributed by atoms with Crippen molar-refractivity contribution in [2.75, 3.05) is 13.7 Å². The molecule has 2 rings (SSSR count). The molecule has 3 heteroatoms. The number of methoxy groups -OCH3 is 1. The molecule has 15 heavy (non-hydrogen) atoms. The van der Waals surface area contributed by atoms with Crippen LogP contribution in [-0.4, -0.2) is 19.7 Å². The molecule has 0 aromatic heterocycles. The standard InChI is InChI=1S/C12H12O3/c1-14-11-4-2-9(3-5-11)6-10-7-12(13)15-8-10/h2-5,7H,6,8H2,1H3. The molecule has 0 bridgehead atoms. The summed E-state index contributed by atoms with van der Waals surface area (Å²) in [7, 11) is 1.64. The van der Waals surface area contributed by atoms with Crippen molar-refractivity contribution in [1.29, 1.82) is 0 Å². The highest BCUT2D eigenvalue weighted by atomic mass is 16.5. The fourth-order valence-corrected chi connectivity index (χ4v) is 1.52. The Bertz CT molecular complexity index is 390. The molecule has 0 fully saturated rings. The average molecular weight is 204 g/mol. The van der Waals surface area contributed by atoms with Gasteiger partial charge in [0.05, 0.1) is 7.11 Å². The molecule has 1 aromatic carbocycles. The molecule has 1 aliphatic rings. The maximum absolute atomic E-state index is 10.8. The lowest BCUT2D eigenvalue weighted by Gasteiger charge is -2.03. The third-order valence-electron chi connectivity index (χ3n) is 2.31. The van der Waals surface area contributed by atoms with Gasteiger partial charge in [-0.2, -0.15) is 0 Å². The molecule has 0 spiro atoms. The van der Waals surface area contributed by atoms with E-state index in [2.05, 4.69) is 0 Å². The minimum atomic E-state index is -0.237. The van der Waals surface area contributed by atoms with E-state index in [1.54, 1.807) is 13.2 Å². The molecule has 1 aromatic rings. The Kier molecular flexibility index (Phi) is 2.72. The lowest BCUT2D eigenvalue weighted by atomic mass is 10.1. The Morgan fingerprint density at radius 2 is 2.07 bits per heavy atom. The molecule has 0 aliphatic carbocycles. The second kappa shape index (κ2) is 4.17. The van der Waals surface area contributed by atoms with E-state index < -0.39 is 0 Å². The van der Waals surface area contributed by atoms with Gasteiger partial charge in [0, 0.05) is 6.08 Å². The summed E-state index contributed by atoms with van der Waals surface area (Å²) in [4.78, 5) is 10.8. The van der Waals surface area contributed by atoms with Crippen LogP contribution in [0.1, 0.15) is 5.56 Å². The van der Waals surface area contributed by atoms with Gasteiger partial charge in [-0.15, -0.1) is 0 Å². The summed E-state index contributed by atoms with van der Waals surface area (Å²) < 4.78 is 9.89. The predicted octanol–water partition coefficient (Wildman–Crippen LogP) is 1.72. The maximum atomic E-state index is 10.8. The Morgan fingerprint density at radius 1 is 1.33 bits per heavy atom. The summed E-state index contributed by atoms with van der Waals surface area (Å²) in [5.41, 5.74) is 2.17. The average Bonchev–Trinajstić information content (AvgIpc) is 2.65. The lowest BCUT2D eigenvalue weighted by Crippen LogP contribution is -1.94. The third-order valence-corrected chi connectivity index (χ3v) is 2.31. The lowest BCUT2D eigenvalue weighted by molar-refractivity contribution is -0.134. The summed E-state index contributed by atoms with van der Waals surface area (Å²) in [6, 6.07) is 7.80. The highest BCUT2D eigenvalue weighted by molar-refractivity contribution is 5.85. The van der Waals surface area contributed by atoms with Crippen LogP contribution >= 0.6 is 0 Å². The topological polar surface area (TPSA) is 35.5 Å². The zero-order valence-electron chi connectivity index (χ0n) is 8.53. The third kappa shape index (κ3) is 2.37. The highest BCUT2D eigenvalue weighted by Crippen LogP contribution is 2.16. The highest BCUT2D eigenvalue weighted by Gasteiger charge is 2.12. The fraction of sp³-hybridized carbons (Fsp3) is 0.250. The molecular weight excluding hydrogens is 192 g/mol. The van der Waals surface area contributed by atoms with Crippen molar-refractivity contribution < 1.29 is 14.3 Å². The Morgan fingerprint density at radius 3 is 2.60 bits per heavy atom. The van der Waals surface area contributed by atoms with E-state index in [0.29, 0.717) is 6.61 Å². The van der Waals surface area contributed by atoms with E-state index in [0.717, 1.165) is 23.3 Å². The molecule has 3 nitrogen and oxygen atoms in total. The summed E-state index contributed by atoms with van der Waals surface area (Å²) in [5.74, 6) is 0.602. The minimum Gasteiger partial charge on any atom is -0.497 e. The van der Waals surface area contributed by atoms with Gasteiger partial charge in [0.25, 0.3) is 0 Å². The first kappa shape index (κ1) is 9.77. The van der Waals surface area contributed by atoms with Gasteiger partial charge in [-0.25, -0.2) is 4.79 Å². The van der Waals surface area contributed by atoms with Crippen molar-refractivity contribution in [3.8, 4) is 5.75 Å². The molecule has 0 unspecified atom stereocenters. The molecule has 0 saturated heterocycles.